The Labute approximate surface area is 196 Å². The van der Waals surface area contributed by atoms with E-state index in [0.717, 1.165) is 12.8 Å². The number of carbonyl (C=O) groups excluding carboxylic acids is 1. The second kappa shape index (κ2) is 8.66. The summed E-state index contributed by atoms with van der Waals surface area (Å²) in [5.74, 6) is 0.106. The van der Waals surface area contributed by atoms with Crippen LogP contribution in [0.2, 0.25) is 0 Å². The fourth-order valence-corrected chi connectivity index (χ4v) is 4.11. The lowest BCUT2D eigenvalue weighted by Gasteiger charge is -2.19. The number of aromatic nitrogens is 5. The van der Waals surface area contributed by atoms with Crippen LogP contribution in [0.15, 0.2) is 24.5 Å². The molecule has 188 valence electrons. The number of hydrogen-bond donors (Lipinski definition) is 3. The molecule has 3 aromatic heterocycles. The van der Waals surface area contributed by atoms with E-state index in [1.165, 1.54) is 23.0 Å². The molecule has 14 heteroatoms. The summed E-state index contributed by atoms with van der Waals surface area (Å²) >= 11 is 0. The molecule has 0 unspecified atom stereocenters. The molecule has 3 aromatic rings. The molecule has 0 spiro atoms. The van der Waals surface area contributed by atoms with Gasteiger partial charge in [0.05, 0.1) is 5.69 Å². The van der Waals surface area contributed by atoms with Crippen molar-refractivity contribution >= 4 is 23.2 Å². The number of hydrogen-bond acceptors (Lipinski definition) is 7. The molecule has 2 aliphatic carbocycles. The van der Waals surface area contributed by atoms with Gasteiger partial charge in [-0.05, 0) is 38.7 Å². The zero-order valence-electron chi connectivity index (χ0n) is 18.6. The lowest BCUT2D eigenvalue weighted by atomic mass is 10.0. The van der Waals surface area contributed by atoms with Gasteiger partial charge in [0.2, 0.25) is 0 Å². The van der Waals surface area contributed by atoms with Crippen molar-refractivity contribution in [2.24, 2.45) is 0 Å². The van der Waals surface area contributed by atoms with E-state index in [1.54, 1.807) is 6.07 Å². The van der Waals surface area contributed by atoms with Crippen molar-refractivity contribution in [1.82, 2.24) is 30.1 Å². The van der Waals surface area contributed by atoms with Crippen molar-refractivity contribution in [3.05, 3.63) is 35.9 Å². The van der Waals surface area contributed by atoms with E-state index < -0.39 is 37.3 Å². The lowest BCUT2D eigenvalue weighted by Crippen LogP contribution is -2.38. The van der Waals surface area contributed by atoms with Gasteiger partial charge in [-0.1, -0.05) is 0 Å². The highest BCUT2D eigenvalue weighted by atomic mass is 19.4. The van der Waals surface area contributed by atoms with Crippen LogP contribution >= 0.6 is 0 Å². The summed E-state index contributed by atoms with van der Waals surface area (Å²) in [7, 11) is 0. The number of aromatic amines is 1. The van der Waals surface area contributed by atoms with E-state index in [1.807, 2.05) is 6.92 Å². The quantitative estimate of drug-likeness (QED) is 0.421. The first kappa shape index (κ1) is 23.3. The van der Waals surface area contributed by atoms with Gasteiger partial charge in [0.25, 0.3) is 0 Å². The molecule has 3 N–H and O–H groups in total. The van der Waals surface area contributed by atoms with E-state index in [4.69, 9.17) is 4.74 Å². The van der Waals surface area contributed by atoms with Crippen LogP contribution in [0.25, 0.3) is 5.52 Å². The van der Waals surface area contributed by atoms with Crippen LogP contribution in [0.3, 0.4) is 0 Å². The lowest BCUT2D eigenvalue weighted by molar-refractivity contribution is -0.330. The Morgan fingerprint density at radius 1 is 1.31 bits per heavy atom. The van der Waals surface area contributed by atoms with Crippen molar-refractivity contribution in [2.45, 2.75) is 69.3 Å². The average Bonchev–Trinajstić information content (AvgIpc) is 3.14. The largest absolute Gasteiger partial charge is 0.522 e. The number of anilines is 2. The third kappa shape index (κ3) is 5.31. The number of carbonyl (C=O) groups is 1. The van der Waals surface area contributed by atoms with Crippen LogP contribution in [0.4, 0.5) is 34.0 Å². The van der Waals surface area contributed by atoms with Crippen molar-refractivity contribution in [2.75, 3.05) is 5.32 Å². The Morgan fingerprint density at radius 3 is 2.86 bits per heavy atom. The van der Waals surface area contributed by atoms with Crippen LogP contribution in [-0.4, -0.2) is 55.1 Å². The number of rotatable bonds is 7. The summed E-state index contributed by atoms with van der Waals surface area (Å²) in [5, 5.41) is 16.7. The molecule has 35 heavy (non-hydrogen) atoms. The number of fused-ring (bicyclic) bond motifs is 1. The first-order chi connectivity index (χ1) is 16.6. The van der Waals surface area contributed by atoms with Crippen LogP contribution < -0.4 is 10.6 Å². The normalized spacial score (nSPS) is 23.4. The molecular weight excluding hydrogens is 474 g/mol. The number of H-pyrrole nitrogens is 1. The number of amides is 1. The fraction of sp³-hybridized carbons (Fsp3) is 0.524. The Bertz CT molecular complexity index is 1220. The van der Waals surface area contributed by atoms with Gasteiger partial charge in [0.15, 0.2) is 11.6 Å². The molecular formula is C21H23F4N7O3. The predicted molar refractivity (Wildman–Crippen MR) is 114 cm³/mol. The SMILES string of the molecule is CC1(NC(=O)O[C@@H]2CC[C@H](c3cc(Nc4nccn5nc(COC(F)(F)F)cc45)n[nH]3)[C@H]2F)CC1. The molecule has 2 saturated carbocycles. The van der Waals surface area contributed by atoms with Gasteiger partial charge >= 0.3 is 12.5 Å². The average molecular weight is 497 g/mol. The van der Waals surface area contributed by atoms with E-state index in [9.17, 15) is 18.0 Å². The summed E-state index contributed by atoms with van der Waals surface area (Å²) in [6.45, 7) is 1.17. The van der Waals surface area contributed by atoms with E-state index in [0.29, 0.717) is 35.7 Å². The van der Waals surface area contributed by atoms with Crippen molar-refractivity contribution in [3.63, 3.8) is 0 Å². The molecule has 0 radical (unpaired) electrons. The van der Waals surface area contributed by atoms with Gasteiger partial charge in [-0.15, -0.1) is 13.2 Å². The minimum absolute atomic E-state index is 0.0677. The molecule has 3 atom stereocenters. The van der Waals surface area contributed by atoms with E-state index >= 15 is 4.39 Å². The predicted octanol–water partition coefficient (Wildman–Crippen LogP) is 4.10. The fourth-order valence-electron chi connectivity index (χ4n) is 4.11. The molecule has 0 aliphatic heterocycles. The number of ether oxygens (including phenoxy) is 2. The van der Waals surface area contributed by atoms with E-state index in [-0.39, 0.29) is 11.2 Å². The molecule has 5 rings (SSSR count). The third-order valence-corrected chi connectivity index (χ3v) is 6.23. The van der Waals surface area contributed by atoms with Gasteiger partial charge in [0, 0.05) is 35.6 Å². The van der Waals surface area contributed by atoms with Crippen LogP contribution in [-0.2, 0) is 16.1 Å². The van der Waals surface area contributed by atoms with Gasteiger partial charge in [-0.3, -0.25) is 9.84 Å². The highest BCUT2D eigenvalue weighted by Gasteiger charge is 2.43. The van der Waals surface area contributed by atoms with Crippen molar-refractivity contribution < 1.29 is 31.8 Å². The summed E-state index contributed by atoms with van der Waals surface area (Å²) < 4.78 is 62.5. The van der Waals surface area contributed by atoms with Crippen LogP contribution in [0.5, 0.6) is 0 Å². The van der Waals surface area contributed by atoms with Gasteiger partial charge in [-0.2, -0.15) is 10.2 Å². The zero-order valence-corrected chi connectivity index (χ0v) is 18.6. The molecule has 10 nitrogen and oxygen atoms in total. The van der Waals surface area contributed by atoms with Crippen molar-refractivity contribution in [3.8, 4) is 0 Å². The Hall–Kier alpha value is -3.42. The van der Waals surface area contributed by atoms with Crippen LogP contribution in [0.1, 0.15) is 49.9 Å². The first-order valence-electron chi connectivity index (χ1n) is 11.1. The Kier molecular flexibility index (Phi) is 5.77. The molecule has 2 fully saturated rings. The molecule has 3 heterocycles. The molecule has 1 amide bonds. The maximum Gasteiger partial charge on any atom is 0.522 e. The maximum atomic E-state index is 15.1. The topological polar surface area (TPSA) is 118 Å². The Balaban J connectivity index is 1.24. The second-order valence-corrected chi connectivity index (χ2v) is 9.07. The molecule has 0 aromatic carbocycles. The monoisotopic (exact) mass is 497 g/mol. The second-order valence-electron chi connectivity index (χ2n) is 9.07. The minimum Gasteiger partial charge on any atom is -0.443 e. The number of nitrogens with one attached hydrogen (secondary N) is 3. The van der Waals surface area contributed by atoms with Crippen molar-refractivity contribution in [1.29, 1.82) is 0 Å². The number of halogens is 4. The standard InChI is InChI=1S/C21H23F4N7O3/c1-20(4-5-20)28-19(33)35-15-3-2-12(17(15)22)13-9-16(30-29-13)27-18-14-8-11(10-34-21(23,24)25)31-32(14)7-6-26-18/h6-9,12,15,17H,2-5,10H2,1H3,(H,28,33)(H2,26,27,29,30)/t12-,15-,17-/m1/s1. The minimum atomic E-state index is -4.77. The first-order valence-corrected chi connectivity index (χ1v) is 11.1. The summed E-state index contributed by atoms with van der Waals surface area (Å²) in [4.78, 5) is 16.2. The number of alkyl halides is 4. The smallest absolute Gasteiger partial charge is 0.443 e. The zero-order chi connectivity index (χ0) is 24.8. The number of alkyl carbamates (subject to hydrolysis) is 1. The molecule has 2 aliphatic rings. The summed E-state index contributed by atoms with van der Waals surface area (Å²) in [5.41, 5.74) is 0.757. The summed E-state index contributed by atoms with van der Waals surface area (Å²) in [6.07, 6.45) is -2.09. The van der Waals surface area contributed by atoms with Gasteiger partial charge in [0.1, 0.15) is 24.4 Å². The third-order valence-electron chi connectivity index (χ3n) is 6.23. The maximum absolute atomic E-state index is 15.1. The molecule has 0 bridgehead atoms. The highest BCUT2D eigenvalue weighted by Crippen LogP contribution is 2.39. The highest BCUT2D eigenvalue weighted by molar-refractivity contribution is 5.72. The van der Waals surface area contributed by atoms with Crippen LogP contribution in [0, 0.1) is 0 Å². The van der Waals surface area contributed by atoms with Gasteiger partial charge in [-0.25, -0.2) is 18.7 Å². The number of nitrogens with zero attached hydrogens (tertiary/aromatic N) is 4. The van der Waals surface area contributed by atoms with Gasteiger partial charge < -0.3 is 15.4 Å². The summed E-state index contributed by atoms with van der Waals surface area (Å²) in [6, 6.07) is 3.04. The molecule has 0 saturated heterocycles. The van der Waals surface area contributed by atoms with E-state index in [2.05, 4.69) is 35.7 Å². The Morgan fingerprint density at radius 2 is 2.11 bits per heavy atom.